The van der Waals surface area contributed by atoms with Gasteiger partial charge in [-0.3, -0.25) is 4.79 Å². The number of nitrogens with two attached hydrogens (primary N) is 1. The normalized spacial score (nSPS) is 12.8. The molecule has 0 aromatic heterocycles. The molecule has 8 heteroatoms. The summed E-state index contributed by atoms with van der Waals surface area (Å²) in [4.78, 5) is 11.4. The molecule has 20 heavy (non-hydrogen) atoms. The van der Waals surface area contributed by atoms with E-state index in [1.54, 1.807) is 0 Å². The number of alkyl halides is 3. The lowest BCUT2D eigenvalue weighted by atomic mass is 10.1. The Morgan fingerprint density at radius 2 is 2.05 bits per heavy atom. The minimum atomic E-state index is -4.51. The average Bonchev–Trinajstić information content (AvgIpc) is 2.36. The molecule has 0 aliphatic rings. The van der Waals surface area contributed by atoms with E-state index in [-0.39, 0.29) is 16.2 Å². The molecule has 0 heterocycles. The second-order valence-electron chi connectivity index (χ2n) is 3.99. The molecular weight excluding hydrogens is 293 g/mol. The maximum atomic E-state index is 12.6. The lowest BCUT2D eigenvalue weighted by molar-refractivity contribution is -0.137. The van der Waals surface area contributed by atoms with Crippen LogP contribution in [0.4, 0.5) is 18.9 Å². The monoisotopic (exact) mass is 306 g/mol. The van der Waals surface area contributed by atoms with Crippen LogP contribution in [0.25, 0.3) is 0 Å². The molecule has 3 N–H and O–H groups in total. The number of anilines is 1. The van der Waals surface area contributed by atoms with E-state index >= 15 is 0 Å². The molecule has 0 spiro atoms. The Bertz CT molecular complexity index is 532. The molecule has 4 nitrogen and oxygen atoms in total. The van der Waals surface area contributed by atoms with E-state index < -0.39 is 23.8 Å². The van der Waals surface area contributed by atoms with Crippen molar-refractivity contribution < 1.29 is 22.7 Å². The zero-order valence-electron chi connectivity index (χ0n) is 10.7. The smallest absolute Gasteiger partial charge is 0.389 e. The van der Waals surface area contributed by atoms with Gasteiger partial charge in [-0.1, -0.05) is 12.2 Å². The molecule has 0 bridgehead atoms. The van der Waals surface area contributed by atoms with E-state index in [1.165, 1.54) is 14.0 Å². The summed E-state index contributed by atoms with van der Waals surface area (Å²) in [6, 6.07) is 2.75. The van der Waals surface area contributed by atoms with Gasteiger partial charge < -0.3 is 15.8 Å². The summed E-state index contributed by atoms with van der Waals surface area (Å²) in [5.41, 5.74) is 4.56. The van der Waals surface area contributed by atoms with Crippen LogP contribution < -0.4 is 11.1 Å². The number of hydrogen-bond acceptors (Lipinski definition) is 3. The van der Waals surface area contributed by atoms with E-state index in [9.17, 15) is 18.0 Å². The maximum absolute atomic E-state index is 12.6. The quantitative estimate of drug-likeness (QED) is 0.838. The van der Waals surface area contributed by atoms with Crippen LogP contribution in [0.2, 0.25) is 0 Å². The van der Waals surface area contributed by atoms with Crippen molar-refractivity contribution in [1.29, 1.82) is 0 Å². The van der Waals surface area contributed by atoms with Gasteiger partial charge in [-0.15, -0.1) is 0 Å². The Hall–Kier alpha value is -1.67. The number of benzene rings is 1. The van der Waals surface area contributed by atoms with Gasteiger partial charge in [0.25, 0.3) is 5.91 Å². The predicted octanol–water partition coefficient (Wildman–Crippen LogP) is 2.31. The lowest BCUT2D eigenvalue weighted by Crippen LogP contribution is -2.28. The number of thiocarbonyl (C=S) groups is 1. The van der Waals surface area contributed by atoms with Crippen molar-refractivity contribution in [2.24, 2.45) is 5.73 Å². The van der Waals surface area contributed by atoms with Crippen LogP contribution in [0.15, 0.2) is 18.2 Å². The molecule has 1 atom stereocenters. The van der Waals surface area contributed by atoms with E-state index in [0.717, 1.165) is 18.2 Å². The topological polar surface area (TPSA) is 64.3 Å². The van der Waals surface area contributed by atoms with Crippen LogP contribution in [-0.2, 0) is 15.7 Å². The van der Waals surface area contributed by atoms with Gasteiger partial charge in [-0.05, 0) is 25.1 Å². The van der Waals surface area contributed by atoms with Crippen molar-refractivity contribution >= 4 is 28.8 Å². The fraction of sp³-hybridized carbons (Fsp3) is 0.333. The van der Waals surface area contributed by atoms with E-state index in [4.69, 9.17) is 22.7 Å². The van der Waals surface area contributed by atoms with Gasteiger partial charge in [0, 0.05) is 12.7 Å². The Balaban J connectivity index is 3.15. The molecule has 1 amide bonds. The lowest BCUT2D eigenvalue weighted by Gasteiger charge is -2.15. The fourth-order valence-corrected chi connectivity index (χ4v) is 1.54. The van der Waals surface area contributed by atoms with Crippen molar-refractivity contribution in [1.82, 2.24) is 0 Å². The zero-order chi connectivity index (χ0) is 15.5. The molecule has 1 aromatic carbocycles. The molecule has 1 aromatic rings. The largest absolute Gasteiger partial charge is 0.416 e. The number of methoxy groups -OCH3 is 1. The SMILES string of the molecule is COC(C)C(=O)Nc1ccc(C(F)(F)F)cc1C(N)=S. The molecule has 110 valence electrons. The van der Waals surface area contributed by atoms with Crippen molar-refractivity contribution in [2.45, 2.75) is 19.2 Å². The first kappa shape index (κ1) is 16.4. The summed E-state index contributed by atoms with van der Waals surface area (Å²) in [5, 5.41) is 2.42. The average molecular weight is 306 g/mol. The number of amides is 1. The number of rotatable bonds is 4. The fourth-order valence-electron chi connectivity index (χ4n) is 1.37. The van der Waals surface area contributed by atoms with E-state index in [1.807, 2.05) is 0 Å². The number of carbonyl (C=O) groups excluding carboxylic acids is 1. The summed E-state index contributed by atoms with van der Waals surface area (Å²) in [5.74, 6) is -0.509. The Morgan fingerprint density at radius 1 is 1.45 bits per heavy atom. The zero-order valence-corrected chi connectivity index (χ0v) is 11.6. The third kappa shape index (κ3) is 3.91. The minimum absolute atomic E-state index is 0.0496. The van der Waals surface area contributed by atoms with Crippen LogP contribution in [-0.4, -0.2) is 24.1 Å². The molecular formula is C12H13F3N2O2S. The Morgan fingerprint density at radius 3 is 2.50 bits per heavy atom. The first-order chi connectivity index (χ1) is 9.16. The molecule has 0 fully saturated rings. The van der Waals surface area contributed by atoms with Crippen molar-refractivity contribution in [3.63, 3.8) is 0 Å². The molecule has 1 rings (SSSR count). The Labute approximate surface area is 119 Å². The molecule has 0 radical (unpaired) electrons. The summed E-state index contributed by atoms with van der Waals surface area (Å²) in [6.07, 6.45) is -5.27. The highest BCUT2D eigenvalue weighted by atomic mass is 32.1. The van der Waals surface area contributed by atoms with Gasteiger partial charge in [-0.2, -0.15) is 13.2 Å². The van der Waals surface area contributed by atoms with Crippen molar-refractivity contribution in [3.05, 3.63) is 29.3 Å². The number of halogens is 3. The van der Waals surface area contributed by atoms with E-state index in [2.05, 4.69) is 5.32 Å². The number of hydrogen-bond donors (Lipinski definition) is 2. The van der Waals surface area contributed by atoms with Crippen LogP contribution in [0.5, 0.6) is 0 Å². The highest BCUT2D eigenvalue weighted by Crippen LogP contribution is 2.31. The van der Waals surface area contributed by atoms with Gasteiger partial charge in [0.2, 0.25) is 0 Å². The van der Waals surface area contributed by atoms with Crippen LogP contribution in [0.1, 0.15) is 18.1 Å². The third-order valence-corrected chi connectivity index (χ3v) is 2.81. The first-order valence-corrected chi connectivity index (χ1v) is 5.92. The highest BCUT2D eigenvalue weighted by molar-refractivity contribution is 7.80. The molecule has 0 saturated carbocycles. The molecule has 1 unspecified atom stereocenters. The third-order valence-electron chi connectivity index (χ3n) is 2.59. The van der Waals surface area contributed by atoms with Crippen molar-refractivity contribution in [3.8, 4) is 0 Å². The van der Waals surface area contributed by atoms with Gasteiger partial charge in [-0.25, -0.2) is 0 Å². The summed E-state index contributed by atoms with van der Waals surface area (Å²) in [7, 11) is 1.34. The van der Waals surface area contributed by atoms with Gasteiger partial charge >= 0.3 is 6.18 Å². The predicted molar refractivity (Wildman–Crippen MR) is 72.4 cm³/mol. The number of ether oxygens (including phenoxy) is 1. The second-order valence-corrected chi connectivity index (χ2v) is 4.43. The Kier molecular flexibility index (Phi) is 5.07. The standard InChI is InChI=1S/C12H13F3N2O2S/c1-6(19-2)11(18)17-9-4-3-7(12(13,14)15)5-8(9)10(16)20/h3-6H,1-2H3,(H2,16,20)(H,17,18). The van der Waals surface area contributed by atoms with E-state index in [0.29, 0.717) is 0 Å². The summed E-state index contributed by atoms with van der Waals surface area (Å²) >= 11 is 4.71. The van der Waals surface area contributed by atoms with Crippen LogP contribution in [0.3, 0.4) is 0 Å². The number of carbonyl (C=O) groups is 1. The minimum Gasteiger partial charge on any atom is -0.389 e. The molecule has 0 aliphatic heterocycles. The first-order valence-electron chi connectivity index (χ1n) is 5.51. The molecule has 0 saturated heterocycles. The number of nitrogens with one attached hydrogen (secondary N) is 1. The summed E-state index contributed by atoms with van der Waals surface area (Å²) < 4.78 is 42.7. The van der Waals surface area contributed by atoms with Gasteiger partial charge in [0.05, 0.1) is 11.3 Å². The van der Waals surface area contributed by atoms with Gasteiger partial charge in [0.1, 0.15) is 11.1 Å². The van der Waals surface area contributed by atoms with Gasteiger partial charge in [0.15, 0.2) is 0 Å². The van der Waals surface area contributed by atoms with Crippen LogP contribution >= 0.6 is 12.2 Å². The maximum Gasteiger partial charge on any atom is 0.416 e. The van der Waals surface area contributed by atoms with Crippen molar-refractivity contribution in [2.75, 3.05) is 12.4 Å². The molecule has 0 aliphatic carbocycles. The van der Waals surface area contributed by atoms with Crippen LogP contribution in [0, 0.1) is 0 Å². The summed E-state index contributed by atoms with van der Waals surface area (Å²) in [6.45, 7) is 1.50. The highest BCUT2D eigenvalue weighted by Gasteiger charge is 2.31. The second kappa shape index (κ2) is 6.19.